The van der Waals surface area contributed by atoms with Crippen molar-refractivity contribution in [2.24, 2.45) is 0 Å². The van der Waals surface area contributed by atoms with Gasteiger partial charge in [0.15, 0.2) is 6.61 Å². The van der Waals surface area contributed by atoms with Gasteiger partial charge < -0.3 is 19.8 Å². The summed E-state index contributed by atoms with van der Waals surface area (Å²) in [6, 6.07) is 17.1. The number of benzene rings is 3. The lowest BCUT2D eigenvalue weighted by molar-refractivity contribution is -0.118. The summed E-state index contributed by atoms with van der Waals surface area (Å²) in [7, 11) is 0. The van der Waals surface area contributed by atoms with Crippen molar-refractivity contribution in [3.05, 3.63) is 66.4 Å². The Labute approximate surface area is 160 Å². The van der Waals surface area contributed by atoms with Gasteiger partial charge in [-0.15, -0.1) is 0 Å². The molecule has 0 spiro atoms. The zero-order valence-electron chi connectivity index (χ0n) is 14.8. The van der Waals surface area contributed by atoms with E-state index < -0.39 is 0 Å². The van der Waals surface area contributed by atoms with E-state index in [-0.39, 0.29) is 24.8 Å². The van der Waals surface area contributed by atoms with Crippen LogP contribution in [0.1, 0.15) is 5.56 Å². The van der Waals surface area contributed by atoms with Gasteiger partial charge in [-0.05, 0) is 35.0 Å². The van der Waals surface area contributed by atoms with Crippen molar-refractivity contribution in [2.75, 3.05) is 17.2 Å². The van der Waals surface area contributed by atoms with E-state index in [9.17, 15) is 9.59 Å². The fourth-order valence-electron chi connectivity index (χ4n) is 3.54. The summed E-state index contributed by atoms with van der Waals surface area (Å²) in [5.41, 5.74) is 2.73. The number of hydrogen-bond donors (Lipinski definition) is 2. The lowest BCUT2D eigenvalue weighted by Crippen LogP contribution is -2.25. The van der Waals surface area contributed by atoms with Gasteiger partial charge in [-0.1, -0.05) is 30.3 Å². The molecule has 0 unspecified atom stereocenters. The number of anilines is 2. The Bertz CT molecular complexity index is 1240. The van der Waals surface area contributed by atoms with E-state index in [0.717, 1.165) is 27.3 Å². The van der Waals surface area contributed by atoms with Crippen LogP contribution in [0.4, 0.5) is 11.4 Å². The monoisotopic (exact) mass is 372 g/mol. The molecule has 2 amide bonds. The first-order valence-electron chi connectivity index (χ1n) is 8.92. The molecular weight excluding hydrogens is 356 g/mol. The van der Waals surface area contributed by atoms with Gasteiger partial charge in [0.05, 0.1) is 18.4 Å². The lowest BCUT2D eigenvalue weighted by Gasteiger charge is -2.18. The number of fused-ring (bicyclic) bond motifs is 4. The highest BCUT2D eigenvalue weighted by Gasteiger charge is 2.17. The lowest BCUT2D eigenvalue weighted by atomic mass is 10.0. The van der Waals surface area contributed by atoms with Crippen LogP contribution in [-0.4, -0.2) is 18.4 Å². The molecule has 2 heterocycles. The zero-order valence-corrected chi connectivity index (χ0v) is 14.8. The number of rotatable bonds is 3. The van der Waals surface area contributed by atoms with Crippen LogP contribution in [0.5, 0.6) is 5.75 Å². The van der Waals surface area contributed by atoms with Gasteiger partial charge in [-0.2, -0.15) is 0 Å². The van der Waals surface area contributed by atoms with Gasteiger partial charge >= 0.3 is 0 Å². The zero-order chi connectivity index (χ0) is 19.1. The molecule has 0 bridgehead atoms. The first kappa shape index (κ1) is 16.4. The molecule has 3 aromatic carbocycles. The molecule has 4 aromatic rings. The Morgan fingerprint density at radius 3 is 2.93 bits per heavy atom. The molecule has 0 fully saturated rings. The van der Waals surface area contributed by atoms with Crippen molar-refractivity contribution < 1.29 is 18.7 Å². The van der Waals surface area contributed by atoms with E-state index in [2.05, 4.69) is 10.6 Å². The van der Waals surface area contributed by atoms with Crippen LogP contribution < -0.4 is 15.4 Å². The second kappa shape index (κ2) is 6.42. The average Bonchev–Trinajstić information content (AvgIpc) is 3.11. The molecule has 6 heteroatoms. The first-order chi connectivity index (χ1) is 13.7. The summed E-state index contributed by atoms with van der Waals surface area (Å²) in [6.45, 7) is 0.000224. The molecule has 1 aliphatic heterocycles. The molecular formula is C22H16N2O4. The average molecular weight is 372 g/mol. The summed E-state index contributed by atoms with van der Waals surface area (Å²) < 4.78 is 11.0. The van der Waals surface area contributed by atoms with Crippen LogP contribution >= 0.6 is 0 Å². The third kappa shape index (κ3) is 2.85. The standard InChI is InChI=1S/C22H16N2O4/c25-20(23-15-6-8-18-17(10-15)24-21(26)12-28-18)9-14-11-27-19-7-5-13-3-1-2-4-16(13)22(14)19/h1-8,10-11H,9,12H2,(H,23,25)(H,24,26). The van der Waals surface area contributed by atoms with Gasteiger partial charge in [0.25, 0.3) is 5.91 Å². The molecule has 5 rings (SSSR count). The van der Waals surface area contributed by atoms with Crippen molar-refractivity contribution in [1.29, 1.82) is 0 Å². The van der Waals surface area contributed by atoms with Crippen LogP contribution in [0, 0.1) is 0 Å². The normalized spacial score (nSPS) is 13.1. The maximum absolute atomic E-state index is 12.6. The van der Waals surface area contributed by atoms with E-state index in [0.29, 0.717) is 17.1 Å². The first-order valence-corrected chi connectivity index (χ1v) is 8.92. The Morgan fingerprint density at radius 1 is 1.11 bits per heavy atom. The Balaban J connectivity index is 1.41. The van der Waals surface area contributed by atoms with Crippen LogP contribution in [-0.2, 0) is 16.0 Å². The maximum Gasteiger partial charge on any atom is 0.262 e. The molecule has 1 aliphatic rings. The Morgan fingerprint density at radius 2 is 2.00 bits per heavy atom. The van der Waals surface area contributed by atoms with Crippen LogP contribution in [0.3, 0.4) is 0 Å². The summed E-state index contributed by atoms with van der Waals surface area (Å²) >= 11 is 0. The van der Waals surface area contributed by atoms with E-state index >= 15 is 0 Å². The van der Waals surface area contributed by atoms with Gasteiger partial charge in [-0.25, -0.2) is 0 Å². The highest BCUT2D eigenvalue weighted by Crippen LogP contribution is 2.32. The number of carbonyl (C=O) groups excluding carboxylic acids is 2. The van der Waals surface area contributed by atoms with Crippen LogP contribution in [0.25, 0.3) is 21.7 Å². The van der Waals surface area contributed by atoms with E-state index in [1.165, 1.54) is 0 Å². The fourth-order valence-corrected chi connectivity index (χ4v) is 3.54. The minimum Gasteiger partial charge on any atom is -0.482 e. The van der Waals surface area contributed by atoms with Crippen molar-refractivity contribution in [3.8, 4) is 5.75 Å². The molecule has 138 valence electrons. The van der Waals surface area contributed by atoms with Crippen molar-refractivity contribution in [1.82, 2.24) is 0 Å². The predicted molar refractivity (Wildman–Crippen MR) is 107 cm³/mol. The summed E-state index contributed by atoms with van der Waals surface area (Å²) in [5, 5.41) is 8.72. The number of carbonyl (C=O) groups is 2. The van der Waals surface area contributed by atoms with Crippen LogP contribution in [0.15, 0.2) is 65.3 Å². The Hall–Kier alpha value is -3.80. The molecule has 0 saturated heterocycles. The van der Waals surface area contributed by atoms with Crippen LogP contribution in [0.2, 0.25) is 0 Å². The van der Waals surface area contributed by atoms with Gasteiger partial charge in [0, 0.05) is 16.6 Å². The topological polar surface area (TPSA) is 80.6 Å². The van der Waals surface area contributed by atoms with E-state index in [1.54, 1.807) is 24.5 Å². The smallest absolute Gasteiger partial charge is 0.262 e. The van der Waals surface area contributed by atoms with Gasteiger partial charge in [0.2, 0.25) is 5.91 Å². The number of nitrogens with one attached hydrogen (secondary N) is 2. The molecule has 0 radical (unpaired) electrons. The molecule has 1 aromatic heterocycles. The number of ether oxygens (including phenoxy) is 1. The fraction of sp³-hybridized carbons (Fsp3) is 0.0909. The maximum atomic E-state index is 12.6. The molecule has 6 nitrogen and oxygen atoms in total. The second-order valence-corrected chi connectivity index (χ2v) is 6.69. The highest BCUT2D eigenvalue weighted by atomic mass is 16.5. The molecule has 0 atom stereocenters. The number of hydrogen-bond acceptors (Lipinski definition) is 4. The summed E-state index contributed by atoms with van der Waals surface area (Å²) in [4.78, 5) is 24.1. The third-order valence-corrected chi connectivity index (χ3v) is 4.79. The Kier molecular flexibility index (Phi) is 3.76. The SMILES string of the molecule is O=C(Cc1coc2ccc3ccccc3c12)Nc1ccc2c(c1)NC(=O)CO2. The van der Waals surface area contributed by atoms with Crippen molar-refractivity contribution >= 4 is 44.9 Å². The van der Waals surface area contributed by atoms with E-state index in [4.69, 9.17) is 9.15 Å². The van der Waals surface area contributed by atoms with E-state index in [1.807, 2.05) is 36.4 Å². The highest BCUT2D eigenvalue weighted by molar-refractivity contribution is 6.09. The van der Waals surface area contributed by atoms with Crippen molar-refractivity contribution in [2.45, 2.75) is 6.42 Å². The van der Waals surface area contributed by atoms with Gasteiger partial charge in [0.1, 0.15) is 11.3 Å². The van der Waals surface area contributed by atoms with Gasteiger partial charge in [-0.3, -0.25) is 9.59 Å². The molecule has 28 heavy (non-hydrogen) atoms. The second-order valence-electron chi connectivity index (χ2n) is 6.69. The minimum atomic E-state index is -0.215. The quantitative estimate of drug-likeness (QED) is 0.567. The molecule has 0 aliphatic carbocycles. The third-order valence-electron chi connectivity index (χ3n) is 4.79. The number of amides is 2. The molecule has 2 N–H and O–H groups in total. The number of furan rings is 1. The van der Waals surface area contributed by atoms with Crippen molar-refractivity contribution in [3.63, 3.8) is 0 Å². The largest absolute Gasteiger partial charge is 0.482 e. The summed E-state index contributed by atoms with van der Waals surface area (Å²) in [6.07, 6.45) is 1.82. The predicted octanol–water partition coefficient (Wildman–Crippen LogP) is 4.10. The molecule has 0 saturated carbocycles. The summed E-state index contributed by atoms with van der Waals surface area (Å²) in [5.74, 6) is 0.205. The minimum absolute atomic E-state index is 0.000224.